The molecule has 0 radical (unpaired) electrons. The van der Waals surface area contributed by atoms with E-state index in [1.165, 1.54) is 49.9 Å². The lowest BCUT2D eigenvalue weighted by Crippen LogP contribution is -2.19. The van der Waals surface area contributed by atoms with Gasteiger partial charge in [-0.3, -0.25) is 0 Å². The lowest BCUT2D eigenvalue weighted by atomic mass is 10.1. The van der Waals surface area contributed by atoms with E-state index in [1.54, 1.807) is 0 Å². The molecule has 5 heteroatoms. The van der Waals surface area contributed by atoms with Crippen molar-refractivity contribution in [2.75, 3.05) is 17.7 Å². The molecule has 1 aliphatic rings. The van der Waals surface area contributed by atoms with Gasteiger partial charge in [0.2, 0.25) is 0 Å². The van der Waals surface area contributed by atoms with Crippen molar-refractivity contribution in [2.45, 2.75) is 44.6 Å². The first-order valence-electron chi connectivity index (χ1n) is 6.18. The SMILES string of the molecule is CNc1nc(NC2CCCCCC2)c(C#N)s1. The molecule has 4 nitrogen and oxygen atoms in total. The summed E-state index contributed by atoms with van der Waals surface area (Å²) >= 11 is 1.41. The Bertz CT molecular complexity index is 399. The molecule has 2 rings (SSSR count). The van der Waals surface area contributed by atoms with E-state index < -0.39 is 0 Å². The zero-order valence-corrected chi connectivity index (χ0v) is 10.9. The Morgan fingerprint density at radius 1 is 1.29 bits per heavy atom. The third-order valence-electron chi connectivity index (χ3n) is 3.14. The van der Waals surface area contributed by atoms with Crippen LogP contribution in [0.25, 0.3) is 0 Å². The van der Waals surface area contributed by atoms with Gasteiger partial charge in [0.25, 0.3) is 0 Å². The van der Waals surface area contributed by atoms with E-state index in [0.717, 1.165) is 10.9 Å². The summed E-state index contributed by atoms with van der Waals surface area (Å²) in [5, 5.41) is 16.3. The number of aromatic nitrogens is 1. The molecule has 0 aromatic carbocycles. The molecular formula is C12H18N4S. The third kappa shape index (κ3) is 3.10. The molecule has 17 heavy (non-hydrogen) atoms. The maximum Gasteiger partial charge on any atom is 0.185 e. The highest BCUT2D eigenvalue weighted by atomic mass is 32.1. The van der Waals surface area contributed by atoms with Gasteiger partial charge in [0.1, 0.15) is 6.07 Å². The number of hydrogen-bond acceptors (Lipinski definition) is 5. The monoisotopic (exact) mass is 250 g/mol. The fourth-order valence-corrected chi connectivity index (χ4v) is 2.90. The molecular weight excluding hydrogens is 232 g/mol. The van der Waals surface area contributed by atoms with Gasteiger partial charge < -0.3 is 10.6 Å². The molecule has 2 N–H and O–H groups in total. The topological polar surface area (TPSA) is 60.7 Å². The van der Waals surface area contributed by atoms with Crippen LogP contribution in [0.2, 0.25) is 0 Å². The number of rotatable bonds is 3. The second-order valence-corrected chi connectivity index (χ2v) is 5.39. The molecule has 92 valence electrons. The molecule has 0 amide bonds. The Morgan fingerprint density at radius 2 is 2.00 bits per heavy atom. The molecule has 1 aliphatic carbocycles. The van der Waals surface area contributed by atoms with Crippen LogP contribution in [0.1, 0.15) is 43.4 Å². The average Bonchev–Trinajstić information content (AvgIpc) is 2.56. The number of hydrogen-bond donors (Lipinski definition) is 2. The van der Waals surface area contributed by atoms with Crippen molar-refractivity contribution in [1.29, 1.82) is 5.26 Å². The standard InChI is InChI=1S/C12H18N4S/c1-14-12-16-11(10(8-13)17-12)15-9-6-4-2-3-5-7-9/h9,15H,2-7H2,1H3,(H,14,16). The molecule has 0 atom stereocenters. The van der Waals surface area contributed by atoms with Crippen LogP contribution in [0.4, 0.5) is 10.9 Å². The maximum absolute atomic E-state index is 9.06. The first kappa shape index (κ1) is 12.2. The van der Waals surface area contributed by atoms with Gasteiger partial charge >= 0.3 is 0 Å². The van der Waals surface area contributed by atoms with Gasteiger partial charge in [0.05, 0.1) is 0 Å². The first-order chi connectivity index (χ1) is 8.33. The molecule has 1 aromatic rings. The zero-order chi connectivity index (χ0) is 12.1. The molecule has 0 aliphatic heterocycles. The van der Waals surface area contributed by atoms with Crippen molar-refractivity contribution in [1.82, 2.24) is 4.98 Å². The molecule has 1 heterocycles. The Morgan fingerprint density at radius 3 is 2.59 bits per heavy atom. The van der Waals surface area contributed by atoms with Gasteiger partial charge in [0, 0.05) is 13.1 Å². The predicted molar refractivity (Wildman–Crippen MR) is 71.5 cm³/mol. The van der Waals surface area contributed by atoms with Crippen LogP contribution in [0.5, 0.6) is 0 Å². The van der Waals surface area contributed by atoms with Gasteiger partial charge in [0.15, 0.2) is 15.8 Å². The summed E-state index contributed by atoms with van der Waals surface area (Å²) in [7, 11) is 1.83. The lowest BCUT2D eigenvalue weighted by Gasteiger charge is -2.15. The minimum Gasteiger partial charge on any atom is -0.365 e. The second-order valence-electron chi connectivity index (χ2n) is 4.39. The van der Waals surface area contributed by atoms with Crippen molar-refractivity contribution >= 4 is 22.3 Å². The number of nitriles is 1. The Balaban J connectivity index is 2.06. The van der Waals surface area contributed by atoms with Crippen LogP contribution in [0.3, 0.4) is 0 Å². The molecule has 0 saturated heterocycles. The van der Waals surface area contributed by atoms with Crippen molar-refractivity contribution in [3.05, 3.63) is 4.88 Å². The van der Waals surface area contributed by atoms with E-state index in [1.807, 2.05) is 7.05 Å². The quantitative estimate of drug-likeness (QED) is 0.809. The summed E-state index contributed by atoms with van der Waals surface area (Å²) in [6, 6.07) is 2.69. The predicted octanol–water partition coefficient (Wildman–Crippen LogP) is 3.19. The lowest BCUT2D eigenvalue weighted by molar-refractivity contribution is 0.618. The Kier molecular flexibility index (Phi) is 4.21. The van der Waals surface area contributed by atoms with Gasteiger partial charge in [-0.05, 0) is 12.8 Å². The summed E-state index contributed by atoms with van der Waals surface area (Å²) in [6.07, 6.45) is 7.62. The van der Waals surface area contributed by atoms with E-state index >= 15 is 0 Å². The second kappa shape index (κ2) is 5.87. The van der Waals surface area contributed by atoms with Gasteiger partial charge in [-0.2, -0.15) is 5.26 Å². The van der Waals surface area contributed by atoms with Crippen LogP contribution in [0.15, 0.2) is 0 Å². The Hall–Kier alpha value is -1.28. The fourth-order valence-electron chi connectivity index (χ4n) is 2.22. The van der Waals surface area contributed by atoms with E-state index in [0.29, 0.717) is 10.9 Å². The third-order valence-corrected chi connectivity index (χ3v) is 4.12. The van der Waals surface area contributed by atoms with Crippen molar-refractivity contribution in [2.24, 2.45) is 0 Å². The number of anilines is 2. The van der Waals surface area contributed by atoms with E-state index in [9.17, 15) is 0 Å². The molecule has 1 fully saturated rings. The summed E-state index contributed by atoms with van der Waals surface area (Å²) < 4.78 is 0. The largest absolute Gasteiger partial charge is 0.365 e. The molecule has 0 spiro atoms. The fraction of sp³-hybridized carbons (Fsp3) is 0.667. The van der Waals surface area contributed by atoms with Crippen LogP contribution >= 0.6 is 11.3 Å². The summed E-state index contributed by atoms with van der Waals surface area (Å²) in [6.45, 7) is 0. The van der Waals surface area contributed by atoms with Gasteiger partial charge in [-0.15, -0.1) is 0 Å². The van der Waals surface area contributed by atoms with Crippen LogP contribution in [0, 0.1) is 11.3 Å². The number of nitrogens with one attached hydrogen (secondary N) is 2. The summed E-state index contributed by atoms with van der Waals surface area (Å²) in [5.41, 5.74) is 0. The maximum atomic E-state index is 9.06. The van der Waals surface area contributed by atoms with Crippen molar-refractivity contribution in [3.63, 3.8) is 0 Å². The first-order valence-corrected chi connectivity index (χ1v) is 7.00. The minimum atomic E-state index is 0.483. The van der Waals surface area contributed by atoms with Crippen molar-refractivity contribution < 1.29 is 0 Å². The smallest absolute Gasteiger partial charge is 0.185 e. The van der Waals surface area contributed by atoms with E-state index in [4.69, 9.17) is 5.26 Å². The summed E-state index contributed by atoms with van der Waals surface area (Å²) in [4.78, 5) is 5.08. The van der Waals surface area contributed by atoms with Crippen molar-refractivity contribution in [3.8, 4) is 6.07 Å². The Labute approximate surface area is 106 Å². The molecule has 0 bridgehead atoms. The van der Waals surface area contributed by atoms with Gasteiger partial charge in [-0.1, -0.05) is 37.0 Å². The normalized spacial score (nSPS) is 17.2. The summed E-state index contributed by atoms with van der Waals surface area (Å²) in [5.74, 6) is 0.758. The highest BCUT2D eigenvalue weighted by Crippen LogP contribution is 2.28. The van der Waals surface area contributed by atoms with E-state index in [-0.39, 0.29) is 0 Å². The highest BCUT2D eigenvalue weighted by Gasteiger charge is 2.16. The number of thiazole rings is 1. The molecule has 0 unspecified atom stereocenters. The van der Waals surface area contributed by atoms with Gasteiger partial charge in [-0.25, -0.2) is 4.98 Å². The molecule has 1 aromatic heterocycles. The molecule has 1 saturated carbocycles. The van der Waals surface area contributed by atoms with Crippen LogP contribution in [-0.4, -0.2) is 18.1 Å². The minimum absolute atomic E-state index is 0.483. The highest BCUT2D eigenvalue weighted by molar-refractivity contribution is 7.16. The average molecular weight is 250 g/mol. The van der Waals surface area contributed by atoms with Crippen LogP contribution < -0.4 is 10.6 Å². The van der Waals surface area contributed by atoms with Crippen LogP contribution in [-0.2, 0) is 0 Å². The zero-order valence-electron chi connectivity index (χ0n) is 10.1. The number of nitrogens with zero attached hydrogens (tertiary/aromatic N) is 2. The van der Waals surface area contributed by atoms with E-state index in [2.05, 4.69) is 21.7 Å².